The van der Waals surface area contributed by atoms with E-state index in [0.29, 0.717) is 38.4 Å². The highest BCUT2D eigenvalue weighted by Gasteiger charge is 2.60. The molecule has 1 saturated heterocycles. The molecule has 3 unspecified atom stereocenters. The summed E-state index contributed by atoms with van der Waals surface area (Å²) in [6.07, 6.45) is 2.63. The van der Waals surface area contributed by atoms with Crippen LogP contribution in [0.15, 0.2) is 23.0 Å². The van der Waals surface area contributed by atoms with Crippen LogP contribution in [0.3, 0.4) is 0 Å². The molecule has 7 nitrogen and oxygen atoms in total. The zero-order valence-electron chi connectivity index (χ0n) is 17.0. The summed E-state index contributed by atoms with van der Waals surface area (Å²) in [6, 6.07) is 0. The van der Waals surface area contributed by atoms with Crippen LogP contribution < -0.4 is 5.32 Å². The number of amides is 1. The molecule has 2 N–H and O–H groups in total. The van der Waals surface area contributed by atoms with Gasteiger partial charge < -0.3 is 29.4 Å². The number of rotatable bonds is 8. The minimum absolute atomic E-state index is 0.154. The predicted molar refractivity (Wildman–Crippen MR) is 102 cm³/mol. The molecule has 1 spiro atoms. The molecule has 1 heterocycles. The summed E-state index contributed by atoms with van der Waals surface area (Å²) < 4.78 is 22.1. The predicted octanol–water partition coefficient (Wildman–Crippen LogP) is 3.11. The van der Waals surface area contributed by atoms with Crippen LogP contribution in [0.25, 0.3) is 0 Å². The second-order valence-electron chi connectivity index (χ2n) is 7.55. The lowest BCUT2D eigenvalue weighted by molar-refractivity contribution is -0.0896. The number of alkyl carbamates (subject to hydrolysis) is 1. The zero-order valence-corrected chi connectivity index (χ0v) is 17.0. The number of carbonyl (C=O) groups is 1. The van der Waals surface area contributed by atoms with Crippen molar-refractivity contribution in [2.45, 2.75) is 57.8 Å². The van der Waals surface area contributed by atoms with Crippen LogP contribution in [0.5, 0.6) is 0 Å². The summed E-state index contributed by atoms with van der Waals surface area (Å²) in [5, 5.41) is 13.3. The Morgan fingerprint density at radius 3 is 2.59 bits per heavy atom. The Bertz CT molecular complexity index is 577. The monoisotopic (exact) mass is 383 g/mol. The number of nitrogens with one attached hydrogen (secondary N) is 1. The summed E-state index contributed by atoms with van der Waals surface area (Å²) in [6.45, 7) is 7.36. The van der Waals surface area contributed by atoms with Crippen LogP contribution in [0.2, 0.25) is 0 Å². The number of methoxy groups -OCH3 is 2. The Kier molecular flexibility index (Phi) is 7.70. The third-order valence-corrected chi connectivity index (χ3v) is 5.36. The lowest BCUT2D eigenvalue weighted by Gasteiger charge is -2.41. The average molecular weight is 383 g/mol. The molecule has 154 valence electrons. The standard InChI is InChI=1S/C20H33NO6/c1-13(2)6-7-15(22)14(3)17-18(25-5)16(8-9-20(17)12-26-20)27-19(23)21-10-11-24-4/h6,16-18,22H,7-12H2,1-5H3,(H,21,23)/b15-14-/t16?,17?,18?,20-/m0/s1. The highest BCUT2D eigenvalue weighted by Crippen LogP contribution is 2.51. The van der Waals surface area contributed by atoms with E-state index in [1.807, 2.05) is 26.8 Å². The molecule has 0 bridgehead atoms. The SMILES string of the molecule is COCCNC(=O)OC1CC[C@]2(CO2)C(/C(C)=C(\O)CC=C(C)C)C1OC. The molecule has 1 aliphatic heterocycles. The van der Waals surface area contributed by atoms with Crippen molar-refractivity contribution in [3.8, 4) is 0 Å². The average Bonchev–Trinajstić information content (AvgIpc) is 3.40. The van der Waals surface area contributed by atoms with E-state index in [9.17, 15) is 9.90 Å². The smallest absolute Gasteiger partial charge is 0.407 e. The van der Waals surface area contributed by atoms with E-state index in [0.717, 1.165) is 17.6 Å². The van der Waals surface area contributed by atoms with Gasteiger partial charge in [-0.05, 0) is 39.2 Å². The normalized spacial score (nSPS) is 30.5. The van der Waals surface area contributed by atoms with E-state index in [-0.39, 0.29) is 17.6 Å². The minimum atomic E-state index is -0.485. The molecule has 2 fully saturated rings. The van der Waals surface area contributed by atoms with Crippen molar-refractivity contribution < 1.29 is 28.8 Å². The van der Waals surface area contributed by atoms with Crippen molar-refractivity contribution in [2.24, 2.45) is 5.92 Å². The Morgan fingerprint density at radius 2 is 2.04 bits per heavy atom. The quantitative estimate of drug-likeness (QED) is 0.290. The number of allylic oxidation sites excluding steroid dienone is 2. The Morgan fingerprint density at radius 1 is 1.33 bits per heavy atom. The van der Waals surface area contributed by atoms with Crippen molar-refractivity contribution >= 4 is 6.09 Å². The molecule has 0 aromatic heterocycles. The Hall–Kier alpha value is -1.57. The van der Waals surface area contributed by atoms with Crippen molar-refractivity contribution in [1.29, 1.82) is 0 Å². The third kappa shape index (κ3) is 5.46. The van der Waals surface area contributed by atoms with Gasteiger partial charge in [-0.2, -0.15) is 0 Å². The fourth-order valence-corrected chi connectivity index (χ4v) is 3.77. The molecular weight excluding hydrogens is 350 g/mol. The van der Waals surface area contributed by atoms with Crippen LogP contribution in [-0.2, 0) is 18.9 Å². The molecule has 0 aromatic rings. The highest BCUT2D eigenvalue weighted by molar-refractivity contribution is 5.67. The number of ether oxygens (including phenoxy) is 4. The molecule has 0 radical (unpaired) electrons. The van der Waals surface area contributed by atoms with Gasteiger partial charge in [0.2, 0.25) is 0 Å². The zero-order chi connectivity index (χ0) is 20.0. The maximum Gasteiger partial charge on any atom is 0.407 e. The molecule has 2 aliphatic rings. The maximum absolute atomic E-state index is 12.1. The minimum Gasteiger partial charge on any atom is -0.512 e. The van der Waals surface area contributed by atoms with Gasteiger partial charge in [0.25, 0.3) is 0 Å². The van der Waals surface area contributed by atoms with Crippen molar-refractivity contribution in [2.75, 3.05) is 34.0 Å². The van der Waals surface area contributed by atoms with Gasteiger partial charge in [0.1, 0.15) is 17.8 Å². The van der Waals surface area contributed by atoms with Crippen molar-refractivity contribution in [3.05, 3.63) is 23.0 Å². The molecule has 27 heavy (non-hydrogen) atoms. The fraction of sp³-hybridized carbons (Fsp3) is 0.750. The number of hydrogen-bond acceptors (Lipinski definition) is 6. The lowest BCUT2D eigenvalue weighted by atomic mass is 9.71. The number of aliphatic hydroxyl groups excluding tert-OH is 1. The van der Waals surface area contributed by atoms with E-state index < -0.39 is 12.2 Å². The van der Waals surface area contributed by atoms with Crippen LogP contribution >= 0.6 is 0 Å². The van der Waals surface area contributed by atoms with Gasteiger partial charge in [-0.15, -0.1) is 0 Å². The van der Waals surface area contributed by atoms with Crippen molar-refractivity contribution in [1.82, 2.24) is 5.32 Å². The third-order valence-electron chi connectivity index (χ3n) is 5.36. The molecular formula is C20H33NO6. The van der Waals surface area contributed by atoms with Gasteiger partial charge in [0, 0.05) is 33.1 Å². The van der Waals surface area contributed by atoms with Gasteiger partial charge in [0.05, 0.1) is 19.0 Å². The second kappa shape index (κ2) is 9.57. The van der Waals surface area contributed by atoms with Crippen LogP contribution in [0.4, 0.5) is 4.79 Å². The molecule has 1 amide bonds. The summed E-state index contributed by atoms with van der Waals surface area (Å²) in [5.41, 5.74) is 1.66. The summed E-state index contributed by atoms with van der Waals surface area (Å²) in [5.74, 6) is 0.168. The Balaban J connectivity index is 2.14. The molecule has 7 heteroatoms. The van der Waals surface area contributed by atoms with E-state index in [2.05, 4.69) is 5.32 Å². The van der Waals surface area contributed by atoms with Gasteiger partial charge in [-0.1, -0.05) is 11.6 Å². The van der Waals surface area contributed by atoms with Gasteiger partial charge in [-0.3, -0.25) is 0 Å². The van der Waals surface area contributed by atoms with Gasteiger partial charge in [0.15, 0.2) is 0 Å². The van der Waals surface area contributed by atoms with E-state index >= 15 is 0 Å². The summed E-state index contributed by atoms with van der Waals surface area (Å²) in [4.78, 5) is 12.1. The molecule has 1 saturated carbocycles. The number of epoxide rings is 1. The maximum atomic E-state index is 12.1. The first-order valence-electron chi connectivity index (χ1n) is 9.46. The number of carbonyl (C=O) groups excluding carboxylic acids is 1. The van der Waals surface area contributed by atoms with Crippen LogP contribution in [0.1, 0.15) is 40.0 Å². The molecule has 2 rings (SSSR count). The molecule has 1 aliphatic carbocycles. The van der Waals surface area contributed by atoms with E-state index in [1.54, 1.807) is 14.2 Å². The highest BCUT2D eigenvalue weighted by atomic mass is 16.6. The lowest BCUT2D eigenvalue weighted by Crippen LogP contribution is -2.51. The number of aliphatic hydroxyl groups is 1. The molecule has 4 atom stereocenters. The van der Waals surface area contributed by atoms with E-state index in [4.69, 9.17) is 18.9 Å². The van der Waals surface area contributed by atoms with Gasteiger partial charge >= 0.3 is 6.09 Å². The summed E-state index contributed by atoms with van der Waals surface area (Å²) >= 11 is 0. The van der Waals surface area contributed by atoms with E-state index in [1.165, 1.54) is 0 Å². The topological polar surface area (TPSA) is 89.6 Å². The van der Waals surface area contributed by atoms with Gasteiger partial charge in [-0.25, -0.2) is 4.79 Å². The van der Waals surface area contributed by atoms with Crippen LogP contribution in [0, 0.1) is 5.92 Å². The first-order valence-corrected chi connectivity index (χ1v) is 9.46. The fourth-order valence-electron chi connectivity index (χ4n) is 3.77. The largest absolute Gasteiger partial charge is 0.512 e. The Labute approximate surface area is 161 Å². The van der Waals surface area contributed by atoms with Crippen LogP contribution in [-0.4, -0.2) is 63.0 Å². The second-order valence-corrected chi connectivity index (χ2v) is 7.55. The number of hydrogen-bond donors (Lipinski definition) is 2. The summed E-state index contributed by atoms with van der Waals surface area (Å²) in [7, 11) is 3.18. The molecule has 0 aromatic carbocycles. The first-order chi connectivity index (χ1) is 12.8. The van der Waals surface area contributed by atoms with Crippen molar-refractivity contribution in [3.63, 3.8) is 0 Å². The first kappa shape index (κ1) is 21.7.